The molecule has 0 aliphatic rings. The highest BCUT2D eigenvalue weighted by molar-refractivity contribution is 9.10. The summed E-state index contributed by atoms with van der Waals surface area (Å²) >= 11 is 3.58. The Hall–Kier alpha value is -3.32. The topological polar surface area (TPSA) is 59.4 Å². The molecule has 0 aliphatic carbocycles. The number of hydrogen-bond acceptors (Lipinski definition) is 5. The van der Waals surface area contributed by atoms with Crippen molar-refractivity contribution in [3.05, 3.63) is 94.5 Å². The van der Waals surface area contributed by atoms with Crippen molar-refractivity contribution < 1.29 is 9.23 Å². The molecule has 0 atom stereocenters. The van der Waals surface area contributed by atoms with Gasteiger partial charge in [0.15, 0.2) is 0 Å². The number of nitrogens with one attached hydrogen (secondary N) is 1. The molecular formula is C23H18BrFN4O. The lowest BCUT2D eigenvalue weighted by Gasteiger charge is -2.12. The van der Waals surface area contributed by atoms with Crippen LogP contribution in [0.3, 0.4) is 0 Å². The molecule has 0 bridgehead atoms. The summed E-state index contributed by atoms with van der Waals surface area (Å²) in [6.45, 7) is 2.14. The van der Waals surface area contributed by atoms with Gasteiger partial charge in [-0.3, -0.25) is 0 Å². The van der Waals surface area contributed by atoms with Gasteiger partial charge < -0.3 is 10.2 Å². The Balaban J connectivity index is 1.53. The van der Waals surface area contributed by atoms with Gasteiger partial charge in [0.1, 0.15) is 24.6 Å². The Kier molecular flexibility index (Phi) is 5.99. The van der Waals surface area contributed by atoms with Crippen molar-refractivity contribution in [2.24, 2.45) is 5.16 Å². The molecule has 4 rings (SSSR count). The summed E-state index contributed by atoms with van der Waals surface area (Å²) in [5.41, 5.74) is 4.19. The van der Waals surface area contributed by atoms with Crippen LogP contribution in [0.5, 0.6) is 0 Å². The highest BCUT2D eigenvalue weighted by Gasteiger charge is 2.08. The highest BCUT2D eigenvalue weighted by atomic mass is 79.9. The summed E-state index contributed by atoms with van der Waals surface area (Å²) in [5.74, 6) is 0.449. The van der Waals surface area contributed by atoms with E-state index < -0.39 is 0 Å². The first-order chi connectivity index (χ1) is 14.6. The minimum Gasteiger partial charge on any atom is -0.391 e. The fraction of sp³-hybridized carbons (Fsp3) is 0.0870. The smallest absolute Gasteiger partial charge is 0.142 e. The average molecular weight is 465 g/mol. The van der Waals surface area contributed by atoms with Crippen LogP contribution >= 0.6 is 15.9 Å². The number of hydrogen-bond donors (Lipinski definition) is 1. The van der Waals surface area contributed by atoms with Gasteiger partial charge in [-0.15, -0.1) is 0 Å². The molecule has 1 N–H and O–H groups in total. The Labute approximate surface area is 181 Å². The first-order valence-electron chi connectivity index (χ1n) is 9.28. The normalized spacial score (nSPS) is 11.5. The first-order valence-corrected chi connectivity index (χ1v) is 10.1. The van der Waals surface area contributed by atoms with E-state index in [0.717, 1.165) is 43.7 Å². The van der Waals surface area contributed by atoms with Crippen LogP contribution < -0.4 is 5.32 Å². The molecular weight excluding hydrogens is 447 g/mol. The van der Waals surface area contributed by atoms with Gasteiger partial charge in [-0.25, -0.2) is 14.4 Å². The maximum Gasteiger partial charge on any atom is 0.142 e. The molecule has 0 aliphatic heterocycles. The molecule has 30 heavy (non-hydrogen) atoms. The maximum atomic E-state index is 13.0. The van der Waals surface area contributed by atoms with Crippen LogP contribution in [-0.4, -0.2) is 15.7 Å². The molecule has 0 fully saturated rings. The molecule has 7 heteroatoms. The lowest BCUT2D eigenvalue weighted by molar-refractivity contribution is 0.130. The van der Waals surface area contributed by atoms with Gasteiger partial charge in [-0.1, -0.05) is 35.5 Å². The van der Waals surface area contributed by atoms with Gasteiger partial charge in [-0.2, -0.15) is 0 Å². The summed E-state index contributed by atoms with van der Waals surface area (Å²) in [6.07, 6.45) is 1.54. The highest BCUT2D eigenvalue weighted by Crippen LogP contribution is 2.29. The third-order valence-electron chi connectivity index (χ3n) is 4.53. The molecule has 1 aromatic heterocycles. The van der Waals surface area contributed by atoms with E-state index in [2.05, 4.69) is 36.4 Å². The lowest BCUT2D eigenvalue weighted by atomic mass is 10.1. The third-order valence-corrected chi connectivity index (χ3v) is 5.22. The number of nitrogens with zero attached hydrogens (tertiary/aromatic N) is 3. The lowest BCUT2D eigenvalue weighted by Crippen LogP contribution is -2.01. The number of fused-ring (bicyclic) bond motifs is 1. The van der Waals surface area contributed by atoms with Gasteiger partial charge in [0.05, 0.1) is 16.9 Å². The van der Waals surface area contributed by atoms with E-state index in [-0.39, 0.29) is 12.4 Å². The van der Waals surface area contributed by atoms with E-state index >= 15 is 0 Å². The Morgan fingerprint density at radius 3 is 2.70 bits per heavy atom. The zero-order valence-electron chi connectivity index (χ0n) is 16.1. The molecule has 0 saturated carbocycles. The van der Waals surface area contributed by atoms with Crippen molar-refractivity contribution in [3.8, 4) is 0 Å². The van der Waals surface area contributed by atoms with Crippen molar-refractivity contribution in [1.82, 2.24) is 9.97 Å². The van der Waals surface area contributed by atoms with Crippen LogP contribution in [0.2, 0.25) is 0 Å². The number of rotatable bonds is 6. The van der Waals surface area contributed by atoms with E-state index in [0.29, 0.717) is 0 Å². The minimum absolute atomic E-state index is 0.270. The number of benzene rings is 3. The number of oxime groups is 1. The van der Waals surface area contributed by atoms with Crippen LogP contribution in [0, 0.1) is 5.82 Å². The standard InChI is InChI=1S/C23H18BrFN4O/c1-15(29-30-13-16-6-9-18(25)10-7-16)17-8-11-20(24)22(12-17)28-23-19-4-2-3-5-21(19)26-14-27-23/h2-12,14H,13H2,1H3,(H,26,27,28). The largest absolute Gasteiger partial charge is 0.391 e. The van der Waals surface area contributed by atoms with Crippen LogP contribution in [-0.2, 0) is 11.4 Å². The zero-order valence-corrected chi connectivity index (χ0v) is 17.7. The van der Waals surface area contributed by atoms with Crippen molar-refractivity contribution in [1.29, 1.82) is 0 Å². The second kappa shape index (κ2) is 9.00. The molecule has 150 valence electrons. The van der Waals surface area contributed by atoms with Crippen LogP contribution in [0.25, 0.3) is 10.9 Å². The van der Waals surface area contributed by atoms with Crippen LogP contribution in [0.4, 0.5) is 15.9 Å². The Bertz CT molecular complexity index is 1210. The number of para-hydroxylation sites is 1. The molecule has 0 saturated heterocycles. The molecule has 0 radical (unpaired) electrons. The second-order valence-electron chi connectivity index (χ2n) is 6.64. The Morgan fingerprint density at radius 1 is 1.07 bits per heavy atom. The summed E-state index contributed by atoms with van der Waals surface area (Å²) < 4.78 is 13.9. The summed E-state index contributed by atoms with van der Waals surface area (Å²) in [4.78, 5) is 14.1. The molecule has 1 heterocycles. The van der Waals surface area contributed by atoms with Gasteiger partial charge >= 0.3 is 0 Å². The molecule has 0 amide bonds. The molecule has 0 spiro atoms. The summed E-state index contributed by atoms with van der Waals surface area (Å²) in [5, 5.41) is 8.50. The van der Waals surface area contributed by atoms with Crippen molar-refractivity contribution in [2.75, 3.05) is 5.32 Å². The van der Waals surface area contributed by atoms with E-state index in [4.69, 9.17) is 4.84 Å². The Morgan fingerprint density at radius 2 is 1.87 bits per heavy atom. The monoisotopic (exact) mass is 464 g/mol. The number of aromatic nitrogens is 2. The average Bonchev–Trinajstić information content (AvgIpc) is 2.77. The predicted molar refractivity (Wildman–Crippen MR) is 120 cm³/mol. The third kappa shape index (κ3) is 4.63. The van der Waals surface area contributed by atoms with E-state index in [9.17, 15) is 4.39 Å². The van der Waals surface area contributed by atoms with Gasteiger partial charge in [0.25, 0.3) is 0 Å². The van der Waals surface area contributed by atoms with Crippen LogP contribution in [0.1, 0.15) is 18.1 Å². The first kappa shape index (κ1) is 20.0. The van der Waals surface area contributed by atoms with Gasteiger partial charge in [0, 0.05) is 15.4 Å². The maximum absolute atomic E-state index is 13.0. The predicted octanol–water partition coefficient (Wildman–Crippen LogP) is 6.22. The molecule has 5 nitrogen and oxygen atoms in total. The van der Waals surface area contributed by atoms with Crippen molar-refractivity contribution in [2.45, 2.75) is 13.5 Å². The second-order valence-corrected chi connectivity index (χ2v) is 7.49. The van der Waals surface area contributed by atoms with Crippen LogP contribution in [0.15, 0.2) is 82.7 Å². The van der Waals surface area contributed by atoms with Crippen molar-refractivity contribution in [3.63, 3.8) is 0 Å². The SMILES string of the molecule is CC(=NOCc1ccc(F)cc1)c1ccc(Br)c(Nc2ncnc3ccccc23)c1. The van der Waals surface area contributed by atoms with Gasteiger partial charge in [0.2, 0.25) is 0 Å². The van der Waals surface area contributed by atoms with Gasteiger partial charge in [-0.05, 0) is 64.8 Å². The van der Waals surface area contributed by atoms with E-state index in [1.807, 2.05) is 49.4 Å². The van der Waals surface area contributed by atoms with Crippen molar-refractivity contribution >= 4 is 44.0 Å². The fourth-order valence-corrected chi connectivity index (χ4v) is 3.26. The summed E-state index contributed by atoms with van der Waals surface area (Å²) in [6, 6.07) is 19.8. The number of halogens is 2. The minimum atomic E-state index is -0.273. The number of anilines is 2. The van der Waals surface area contributed by atoms with E-state index in [1.54, 1.807) is 18.5 Å². The fourth-order valence-electron chi connectivity index (χ4n) is 2.92. The summed E-state index contributed by atoms with van der Waals surface area (Å²) in [7, 11) is 0. The molecule has 4 aromatic rings. The quantitative estimate of drug-likeness (QED) is 0.272. The molecule has 3 aromatic carbocycles. The zero-order chi connectivity index (χ0) is 20.9. The van der Waals surface area contributed by atoms with E-state index in [1.165, 1.54) is 12.1 Å². The molecule has 0 unspecified atom stereocenters.